The molecule has 2 aliphatic heterocycles. The fourth-order valence-electron chi connectivity index (χ4n) is 4.79. The lowest BCUT2D eigenvalue weighted by Crippen LogP contribution is -2.50. The van der Waals surface area contributed by atoms with Crippen LogP contribution in [-0.4, -0.2) is 30.0 Å². The number of thioether (sulfide) groups is 1. The maximum Gasteiger partial charge on any atom is 0.269 e. The minimum Gasteiger partial charge on any atom is -0.324 e. The monoisotopic (exact) mass is 489 g/mol. The topological polar surface area (TPSA) is 69.7 Å². The average molecular weight is 490 g/mol. The molecule has 1 spiro atoms. The summed E-state index contributed by atoms with van der Waals surface area (Å²) in [4.78, 5) is 41.8. The molecule has 178 valence electrons. The number of carbonyl (C=O) groups excluding carboxylic acids is 3. The summed E-state index contributed by atoms with van der Waals surface area (Å²) in [5.41, 5.74) is 5.17. The molecule has 1 fully saturated rings. The number of halogens is 1. The molecule has 0 saturated carbocycles. The zero-order valence-electron chi connectivity index (χ0n) is 19.6. The molecule has 0 radical (unpaired) electrons. The largest absolute Gasteiger partial charge is 0.324 e. The maximum absolute atomic E-state index is 14.1. The van der Waals surface area contributed by atoms with Crippen LogP contribution >= 0.6 is 11.8 Å². The normalized spacial score (nSPS) is 19.0. The Bertz CT molecular complexity index is 1370. The zero-order valence-corrected chi connectivity index (χ0v) is 20.4. The van der Waals surface area contributed by atoms with Crippen LogP contribution in [0.1, 0.15) is 22.3 Å². The van der Waals surface area contributed by atoms with Gasteiger partial charge in [0.25, 0.3) is 5.91 Å². The van der Waals surface area contributed by atoms with E-state index in [9.17, 15) is 18.8 Å². The SMILES string of the molecule is Cc1ccc(C)c(NC(=O)CN2C(=O)C3(SCC(=O)N3c3ccc(F)cc3)c3cccc(C)c32)c1. The summed E-state index contributed by atoms with van der Waals surface area (Å²) >= 11 is 1.23. The summed E-state index contributed by atoms with van der Waals surface area (Å²) in [6.07, 6.45) is 0. The van der Waals surface area contributed by atoms with Crippen molar-refractivity contribution in [2.45, 2.75) is 25.6 Å². The van der Waals surface area contributed by atoms with E-state index >= 15 is 0 Å². The fraction of sp³-hybridized carbons (Fsp3) is 0.222. The van der Waals surface area contributed by atoms with E-state index in [1.54, 1.807) is 0 Å². The number of hydrogen-bond donors (Lipinski definition) is 1. The number of carbonyl (C=O) groups is 3. The van der Waals surface area contributed by atoms with Crippen LogP contribution in [-0.2, 0) is 19.3 Å². The van der Waals surface area contributed by atoms with E-state index < -0.39 is 10.7 Å². The summed E-state index contributed by atoms with van der Waals surface area (Å²) in [5.74, 6) is -1.28. The number of aryl methyl sites for hydroxylation is 3. The van der Waals surface area contributed by atoms with Gasteiger partial charge in [-0.25, -0.2) is 4.39 Å². The van der Waals surface area contributed by atoms with Crippen LogP contribution in [0.5, 0.6) is 0 Å². The van der Waals surface area contributed by atoms with Gasteiger partial charge < -0.3 is 5.32 Å². The highest BCUT2D eigenvalue weighted by Crippen LogP contribution is 2.56. The van der Waals surface area contributed by atoms with Crippen molar-refractivity contribution >= 4 is 46.5 Å². The number of hydrogen-bond acceptors (Lipinski definition) is 4. The van der Waals surface area contributed by atoms with Crippen molar-refractivity contribution in [3.05, 3.63) is 88.7 Å². The summed E-state index contributed by atoms with van der Waals surface area (Å²) < 4.78 is 13.6. The Hall–Kier alpha value is -3.65. The Morgan fingerprint density at radius 2 is 1.77 bits per heavy atom. The highest BCUT2D eigenvalue weighted by Gasteiger charge is 2.61. The third-order valence-electron chi connectivity index (χ3n) is 6.43. The Labute approximate surface area is 207 Å². The minimum absolute atomic E-state index is 0.0963. The number of amides is 3. The molecule has 3 amide bonds. The number of nitrogens with zero attached hydrogens (tertiary/aromatic N) is 2. The van der Waals surface area contributed by atoms with Crippen molar-refractivity contribution in [3.63, 3.8) is 0 Å². The second-order valence-electron chi connectivity index (χ2n) is 8.87. The number of fused-ring (bicyclic) bond motifs is 2. The van der Waals surface area contributed by atoms with E-state index in [1.807, 2.05) is 57.2 Å². The van der Waals surface area contributed by atoms with E-state index in [2.05, 4.69) is 5.32 Å². The molecular formula is C27H24FN3O3S. The Balaban J connectivity index is 1.55. The highest BCUT2D eigenvalue weighted by atomic mass is 32.2. The van der Waals surface area contributed by atoms with Gasteiger partial charge in [-0.2, -0.15) is 0 Å². The first-order valence-electron chi connectivity index (χ1n) is 11.2. The third-order valence-corrected chi connectivity index (χ3v) is 7.82. The van der Waals surface area contributed by atoms with Gasteiger partial charge in [0, 0.05) is 16.9 Å². The Kier molecular flexibility index (Phi) is 5.63. The van der Waals surface area contributed by atoms with E-state index in [4.69, 9.17) is 0 Å². The van der Waals surface area contributed by atoms with Gasteiger partial charge in [-0.3, -0.25) is 24.2 Å². The van der Waals surface area contributed by atoms with Crippen molar-refractivity contribution in [2.24, 2.45) is 0 Å². The lowest BCUT2D eigenvalue weighted by atomic mass is 10.0. The van der Waals surface area contributed by atoms with Crippen LogP contribution in [0.15, 0.2) is 60.7 Å². The first-order chi connectivity index (χ1) is 16.7. The lowest BCUT2D eigenvalue weighted by Gasteiger charge is -2.33. The Morgan fingerprint density at radius 3 is 2.51 bits per heavy atom. The predicted molar refractivity (Wildman–Crippen MR) is 136 cm³/mol. The van der Waals surface area contributed by atoms with E-state index in [-0.39, 0.29) is 30.0 Å². The summed E-state index contributed by atoms with van der Waals surface area (Å²) in [6, 6.07) is 16.9. The molecule has 8 heteroatoms. The molecule has 1 N–H and O–H groups in total. The second kappa shape index (κ2) is 8.53. The molecule has 2 heterocycles. The van der Waals surface area contributed by atoms with Crippen LogP contribution in [0.25, 0.3) is 0 Å². The number of para-hydroxylation sites is 1. The predicted octanol–water partition coefficient (Wildman–Crippen LogP) is 4.67. The van der Waals surface area contributed by atoms with E-state index in [0.29, 0.717) is 22.6 Å². The standard InChI is InChI=1S/C27H24FN3O3S/c1-16-7-8-17(2)22(13-16)29-23(32)14-30-25-18(3)5-4-6-21(25)27(26(30)34)31(24(33)15-35-27)20-11-9-19(28)10-12-20/h4-13H,14-15H2,1-3H3,(H,29,32). The first kappa shape index (κ1) is 23.1. The molecule has 6 nitrogen and oxygen atoms in total. The van der Waals surface area contributed by atoms with Gasteiger partial charge in [-0.1, -0.05) is 30.3 Å². The molecule has 1 unspecified atom stereocenters. The summed E-state index contributed by atoms with van der Waals surface area (Å²) in [6.45, 7) is 5.54. The molecule has 0 aromatic heterocycles. The quantitative estimate of drug-likeness (QED) is 0.578. The number of rotatable bonds is 4. The van der Waals surface area contributed by atoms with Crippen LogP contribution in [0, 0.1) is 26.6 Å². The van der Waals surface area contributed by atoms with Crippen LogP contribution in [0.4, 0.5) is 21.5 Å². The molecule has 1 atom stereocenters. The van der Waals surface area contributed by atoms with Crippen molar-refractivity contribution in [2.75, 3.05) is 27.4 Å². The van der Waals surface area contributed by atoms with Gasteiger partial charge in [-0.05, 0) is 67.8 Å². The van der Waals surface area contributed by atoms with E-state index in [0.717, 1.165) is 16.7 Å². The summed E-state index contributed by atoms with van der Waals surface area (Å²) in [7, 11) is 0. The second-order valence-corrected chi connectivity index (χ2v) is 10.0. The van der Waals surface area contributed by atoms with E-state index in [1.165, 1.54) is 45.8 Å². The van der Waals surface area contributed by atoms with Crippen molar-refractivity contribution in [3.8, 4) is 0 Å². The number of anilines is 3. The molecule has 3 aromatic carbocycles. The van der Waals surface area contributed by atoms with Gasteiger partial charge in [0.2, 0.25) is 16.7 Å². The zero-order chi connectivity index (χ0) is 24.9. The molecule has 3 aromatic rings. The molecule has 0 aliphatic carbocycles. The smallest absolute Gasteiger partial charge is 0.269 e. The molecule has 1 saturated heterocycles. The number of nitrogens with one attached hydrogen (secondary N) is 1. The average Bonchev–Trinajstić information content (AvgIpc) is 3.28. The molecule has 0 bridgehead atoms. The third kappa shape index (κ3) is 3.69. The van der Waals surface area contributed by atoms with Crippen molar-refractivity contribution in [1.29, 1.82) is 0 Å². The van der Waals surface area contributed by atoms with Crippen LogP contribution in [0.3, 0.4) is 0 Å². The maximum atomic E-state index is 14.1. The van der Waals surface area contributed by atoms with Crippen molar-refractivity contribution in [1.82, 2.24) is 0 Å². The first-order valence-corrected chi connectivity index (χ1v) is 12.2. The van der Waals surface area contributed by atoms with Gasteiger partial charge in [0.1, 0.15) is 12.4 Å². The van der Waals surface area contributed by atoms with Gasteiger partial charge in [0.05, 0.1) is 11.4 Å². The molecule has 2 aliphatic rings. The van der Waals surface area contributed by atoms with Gasteiger partial charge in [-0.15, -0.1) is 11.8 Å². The molecule has 5 rings (SSSR count). The number of benzene rings is 3. The Morgan fingerprint density at radius 1 is 1.03 bits per heavy atom. The highest BCUT2D eigenvalue weighted by molar-refractivity contribution is 8.02. The molecule has 35 heavy (non-hydrogen) atoms. The van der Waals surface area contributed by atoms with Gasteiger partial charge in [0.15, 0.2) is 0 Å². The van der Waals surface area contributed by atoms with Gasteiger partial charge >= 0.3 is 0 Å². The van der Waals surface area contributed by atoms with Crippen LogP contribution < -0.4 is 15.1 Å². The fourth-order valence-corrected chi connectivity index (χ4v) is 6.14. The molecular weight excluding hydrogens is 465 g/mol. The lowest BCUT2D eigenvalue weighted by molar-refractivity contribution is -0.124. The summed E-state index contributed by atoms with van der Waals surface area (Å²) in [5, 5.41) is 2.92. The van der Waals surface area contributed by atoms with Crippen molar-refractivity contribution < 1.29 is 18.8 Å². The minimum atomic E-state index is -1.35. The van der Waals surface area contributed by atoms with Crippen LogP contribution in [0.2, 0.25) is 0 Å².